The number of alkyl halides is 1. The third-order valence-electron chi connectivity index (χ3n) is 3.44. The molecule has 1 saturated carbocycles. The summed E-state index contributed by atoms with van der Waals surface area (Å²) < 4.78 is 0. The van der Waals surface area contributed by atoms with Gasteiger partial charge in [0.1, 0.15) is 0 Å². The first-order chi connectivity index (χ1) is 7.51. The second-order valence-electron chi connectivity index (χ2n) is 4.53. The van der Waals surface area contributed by atoms with E-state index in [1.807, 2.05) is 0 Å². The lowest BCUT2D eigenvalue weighted by molar-refractivity contribution is -0.143. The van der Waals surface area contributed by atoms with Crippen LogP contribution in [0.3, 0.4) is 0 Å². The minimum atomic E-state index is -0.728. The Morgan fingerprint density at radius 1 is 1.25 bits per heavy atom. The molecule has 0 radical (unpaired) electrons. The lowest BCUT2D eigenvalue weighted by Gasteiger charge is -2.42. The first-order valence-electron chi connectivity index (χ1n) is 5.20. The van der Waals surface area contributed by atoms with Gasteiger partial charge in [-0.25, -0.2) is 4.79 Å². The predicted molar refractivity (Wildman–Crippen MR) is 60.0 cm³/mol. The summed E-state index contributed by atoms with van der Waals surface area (Å²) in [6.07, 6.45) is 3.10. The molecule has 0 aromatic carbocycles. The van der Waals surface area contributed by atoms with Gasteiger partial charge in [-0.05, 0) is 18.3 Å². The van der Waals surface area contributed by atoms with E-state index < -0.39 is 17.8 Å². The highest BCUT2D eigenvalue weighted by molar-refractivity contribution is 9.09. The molecule has 5 nitrogen and oxygen atoms in total. The van der Waals surface area contributed by atoms with Crippen LogP contribution in [0.25, 0.3) is 0 Å². The van der Waals surface area contributed by atoms with Crippen molar-refractivity contribution in [3.05, 3.63) is 0 Å². The van der Waals surface area contributed by atoms with Crippen LogP contribution < -0.4 is 0 Å². The third-order valence-corrected chi connectivity index (χ3v) is 4.63. The zero-order chi connectivity index (χ0) is 11.9. The van der Waals surface area contributed by atoms with Gasteiger partial charge in [0.2, 0.25) is 0 Å². The summed E-state index contributed by atoms with van der Waals surface area (Å²) in [6, 6.07) is -0.498. The Balaban J connectivity index is 2.13. The lowest BCUT2D eigenvalue weighted by Crippen LogP contribution is -2.46. The number of amides is 4. The fourth-order valence-corrected chi connectivity index (χ4v) is 2.84. The first-order valence-corrected chi connectivity index (χ1v) is 6.32. The third kappa shape index (κ3) is 1.55. The highest BCUT2D eigenvalue weighted by Gasteiger charge is 2.47. The van der Waals surface area contributed by atoms with E-state index in [0.717, 1.165) is 34.4 Å². The van der Waals surface area contributed by atoms with Crippen LogP contribution in [-0.4, -0.2) is 46.6 Å². The van der Waals surface area contributed by atoms with E-state index in [9.17, 15) is 14.4 Å². The minimum Gasteiger partial charge on any atom is -0.263 e. The number of nitrogens with zero attached hydrogens (tertiary/aromatic N) is 2. The van der Waals surface area contributed by atoms with Gasteiger partial charge in [-0.1, -0.05) is 22.4 Å². The van der Waals surface area contributed by atoms with Gasteiger partial charge in [0, 0.05) is 18.9 Å². The average molecular weight is 289 g/mol. The Hall–Kier alpha value is -0.910. The highest BCUT2D eigenvalue weighted by Crippen LogP contribution is 2.43. The molecule has 1 heterocycles. The van der Waals surface area contributed by atoms with E-state index in [2.05, 4.69) is 15.9 Å². The van der Waals surface area contributed by atoms with Crippen LogP contribution in [0.4, 0.5) is 4.79 Å². The smallest absolute Gasteiger partial charge is 0.263 e. The van der Waals surface area contributed by atoms with Crippen LogP contribution in [0.15, 0.2) is 0 Å². The molecular weight excluding hydrogens is 276 g/mol. The number of halogens is 1. The summed E-state index contributed by atoms with van der Waals surface area (Å²) in [4.78, 5) is 36.5. The van der Waals surface area contributed by atoms with Gasteiger partial charge >= 0.3 is 17.8 Å². The van der Waals surface area contributed by atoms with Gasteiger partial charge < -0.3 is 0 Å². The maximum absolute atomic E-state index is 11.7. The van der Waals surface area contributed by atoms with Crippen molar-refractivity contribution in [1.29, 1.82) is 0 Å². The second-order valence-corrected chi connectivity index (χ2v) is 5.09. The molecule has 0 atom stereocenters. The molecule has 0 N–H and O–H groups in total. The molecule has 1 saturated heterocycles. The topological polar surface area (TPSA) is 57.7 Å². The molecule has 16 heavy (non-hydrogen) atoms. The monoisotopic (exact) mass is 288 g/mol. The summed E-state index contributed by atoms with van der Waals surface area (Å²) in [7, 11) is 1.34. The largest absolute Gasteiger partial charge is 0.333 e. The zero-order valence-electron chi connectivity index (χ0n) is 9.03. The van der Waals surface area contributed by atoms with Crippen molar-refractivity contribution in [2.24, 2.45) is 5.41 Å². The van der Waals surface area contributed by atoms with Gasteiger partial charge in [0.05, 0.1) is 0 Å². The summed E-state index contributed by atoms with van der Waals surface area (Å²) in [5.41, 5.74) is -0.0171. The number of urea groups is 1. The number of hydrogen-bond donors (Lipinski definition) is 0. The zero-order valence-corrected chi connectivity index (χ0v) is 10.6. The van der Waals surface area contributed by atoms with E-state index >= 15 is 0 Å². The Morgan fingerprint density at radius 3 is 2.19 bits per heavy atom. The van der Waals surface area contributed by atoms with E-state index in [1.54, 1.807) is 0 Å². The van der Waals surface area contributed by atoms with Crippen LogP contribution in [0, 0.1) is 5.41 Å². The molecule has 6 heteroatoms. The van der Waals surface area contributed by atoms with E-state index in [1.165, 1.54) is 7.05 Å². The van der Waals surface area contributed by atoms with Crippen molar-refractivity contribution < 1.29 is 14.4 Å². The number of hydrogen-bond acceptors (Lipinski definition) is 3. The molecule has 1 aliphatic carbocycles. The number of carbonyl (C=O) groups excluding carboxylic acids is 3. The average Bonchev–Trinajstić information content (AvgIpc) is 2.40. The number of likely N-dealkylation sites (N-methyl/N-ethyl adjacent to an activating group) is 1. The molecule has 0 spiro atoms. The molecule has 4 amide bonds. The Morgan fingerprint density at radius 2 is 1.88 bits per heavy atom. The van der Waals surface area contributed by atoms with Gasteiger partial charge in [0.15, 0.2) is 0 Å². The van der Waals surface area contributed by atoms with Crippen molar-refractivity contribution in [2.75, 3.05) is 18.9 Å². The Kier molecular flexibility index (Phi) is 2.77. The quantitative estimate of drug-likeness (QED) is 0.442. The maximum atomic E-state index is 11.7. The summed E-state index contributed by atoms with van der Waals surface area (Å²) in [5, 5.41) is 0.759. The normalized spacial score (nSPS) is 24.0. The van der Waals surface area contributed by atoms with Crippen LogP contribution in [0.5, 0.6) is 0 Å². The maximum Gasteiger partial charge on any atom is 0.333 e. The van der Waals surface area contributed by atoms with Crippen LogP contribution >= 0.6 is 15.9 Å². The van der Waals surface area contributed by atoms with E-state index in [4.69, 9.17) is 0 Å². The predicted octanol–water partition coefficient (Wildman–Crippen LogP) is 0.972. The van der Waals surface area contributed by atoms with Crippen LogP contribution in [-0.2, 0) is 9.59 Å². The Labute approximate surface area is 102 Å². The van der Waals surface area contributed by atoms with Crippen molar-refractivity contribution in [2.45, 2.75) is 19.3 Å². The van der Waals surface area contributed by atoms with Gasteiger partial charge in [0.25, 0.3) is 0 Å². The summed E-state index contributed by atoms with van der Waals surface area (Å²) in [6.45, 7) is 0.353. The summed E-state index contributed by atoms with van der Waals surface area (Å²) in [5.74, 6) is -1.42. The lowest BCUT2D eigenvalue weighted by atomic mass is 9.70. The standard InChI is InChI=1S/C10H13BrN2O3/c1-12-7(14)8(15)13(9(12)16)6-10(5-11)3-2-4-10/h2-6H2,1H3. The minimum absolute atomic E-state index is 0.0171. The second kappa shape index (κ2) is 3.84. The molecule has 2 rings (SSSR count). The van der Waals surface area contributed by atoms with Crippen LogP contribution in [0.1, 0.15) is 19.3 Å². The molecule has 88 valence electrons. The van der Waals surface area contributed by atoms with E-state index in [-0.39, 0.29) is 5.41 Å². The first kappa shape index (κ1) is 11.6. The van der Waals surface area contributed by atoms with Gasteiger partial charge in [-0.3, -0.25) is 19.4 Å². The summed E-state index contributed by atoms with van der Waals surface area (Å²) >= 11 is 3.41. The SMILES string of the molecule is CN1C(=O)C(=O)N(CC2(CBr)CCC2)C1=O. The van der Waals surface area contributed by atoms with Crippen molar-refractivity contribution in [3.63, 3.8) is 0 Å². The highest BCUT2D eigenvalue weighted by atomic mass is 79.9. The molecule has 0 unspecified atom stereocenters. The van der Waals surface area contributed by atoms with E-state index in [0.29, 0.717) is 6.54 Å². The molecule has 2 aliphatic rings. The van der Waals surface area contributed by atoms with Crippen molar-refractivity contribution in [1.82, 2.24) is 9.80 Å². The Bertz CT molecular complexity index is 360. The molecule has 0 bridgehead atoms. The van der Waals surface area contributed by atoms with Gasteiger partial charge in [-0.2, -0.15) is 0 Å². The number of imide groups is 2. The molecular formula is C10H13BrN2O3. The fraction of sp³-hybridized carbons (Fsp3) is 0.700. The van der Waals surface area contributed by atoms with Crippen molar-refractivity contribution >= 4 is 33.8 Å². The molecule has 0 aromatic heterocycles. The molecule has 1 aliphatic heterocycles. The fourth-order valence-electron chi connectivity index (χ4n) is 2.10. The van der Waals surface area contributed by atoms with Crippen LogP contribution in [0.2, 0.25) is 0 Å². The van der Waals surface area contributed by atoms with Gasteiger partial charge in [-0.15, -0.1) is 0 Å². The molecule has 2 fully saturated rings. The number of rotatable bonds is 3. The number of carbonyl (C=O) groups is 3. The molecule has 0 aromatic rings. The van der Waals surface area contributed by atoms with Crippen molar-refractivity contribution in [3.8, 4) is 0 Å².